The Hall–Kier alpha value is -4.64. The molecule has 266 valence electrons. The third-order valence-electron chi connectivity index (χ3n) is 8.49. The number of hydrogen-bond donors (Lipinski definition) is 7. The fraction of sp³-hybridized carbons (Fsp3) is 0.371. The van der Waals surface area contributed by atoms with Gasteiger partial charge in [0.25, 0.3) is 5.91 Å². The normalized spacial score (nSPS) is 14.5. The fourth-order valence-corrected chi connectivity index (χ4v) is 6.21. The lowest BCUT2D eigenvalue weighted by atomic mass is 10.0. The van der Waals surface area contributed by atoms with Gasteiger partial charge in [0, 0.05) is 54.5 Å². The number of phosphoric ester groups is 1. The first kappa shape index (κ1) is 38.2. The molecule has 1 aromatic heterocycles. The van der Waals surface area contributed by atoms with Crippen LogP contribution in [-0.2, 0) is 36.3 Å². The lowest BCUT2D eigenvalue weighted by molar-refractivity contribution is -0.129. The molecule has 4 rings (SSSR count). The zero-order valence-electron chi connectivity index (χ0n) is 27.8. The SMILES string of the molecule is [C-]#[N+]c1cccc(CC(NC(=O)CCc2c(C)[nH]c(C=C3C(=O)Nc4ccc(F)cc43)c2C)C(=O)NCCCCC(CO)COP(=O)(O)O)c1. The van der Waals surface area contributed by atoms with Crippen LogP contribution in [0.2, 0.25) is 0 Å². The first-order chi connectivity index (χ1) is 23.8. The number of aryl methyl sites for hydroxylation is 1. The van der Waals surface area contributed by atoms with E-state index >= 15 is 0 Å². The summed E-state index contributed by atoms with van der Waals surface area (Å²) >= 11 is 0. The smallest absolute Gasteiger partial charge is 0.396 e. The van der Waals surface area contributed by atoms with Gasteiger partial charge in [0.1, 0.15) is 11.9 Å². The van der Waals surface area contributed by atoms with Crippen molar-refractivity contribution in [1.82, 2.24) is 15.6 Å². The zero-order chi connectivity index (χ0) is 36.4. The number of benzene rings is 2. The number of nitrogens with one attached hydrogen (secondary N) is 4. The Labute approximate surface area is 289 Å². The Morgan fingerprint density at radius 3 is 2.66 bits per heavy atom. The molecule has 15 heteroatoms. The molecule has 0 aliphatic carbocycles. The molecular weight excluding hydrogens is 668 g/mol. The Morgan fingerprint density at radius 1 is 1.16 bits per heavy atom. The summed E-state index contributed by atoms with van der Waals surface area (Å²) in [6.45, 7) is 10.7. The molecule has 0 spiro atoms. The lowest BCUT2D eigenvalue weighted by Crippen LogP contribution is -2.48. The van der Waals surface area contributed by atoms with Crippen molar-refractivity contribution >= 4 is 48.6 Å². The van der Waals surface area contributed by atoms with E-state index in [0.717, 1.165) is 16.8 Å². The minimum atomic E-state index is -4.64. The number of unbranched alkanes of at least 4 members (excludes halogenated alkanes) is 1. The van der Waals surface area contributed by atoms with E-state index in [0.29, 0.717) is 59.5 Å². The number of carbonyl (C=O) groups is 3. The van der Waals surface area contributed by atoms with Crippen LogP contribution in [0.1, 0.15) is 59.3 Å². The van der Waals surface area contributed by atoms with Gasteiger partial charge in [0.2, 0.25) is 11.8 Å². The van der Waals surface area contributed by atoms with Gasteiger partial charge in [-0.25, -0.2) is 13.8 Å². The van der Waals surface area contributed by atoms with Crippen LogP contribution in [0.4, 0.5) is 15.8 Å². The topological polar surface area (TPSA) is 194 Å². The molecule has 2 aromatic carbocycles. The number of amides is 3. The molecule has 0 fully saturated rings. The van der Waals surface area contributed by atoms with Gasteiger partial charge in [-0.2, -0.15) is 0 Å². The number of hydrogen-bond acceptors (Lipinski definition) is 6. The van der Waals surface area contributed by atoms with Crippen molar-refractivity contribution in [3.05, 3.63) is 93.3 Å². The first-order valence-corrected chi connectivity index (χ1v) is 17.7. The number of aromatic amines is 1. The highest BCUT2D eigenvalue weighted by Crippen LogP contribution is 2.37. The van der Waals surface area contributed by atoms with Crippen LogP contribution >= 0.6 is 7.82 Å². The number of rotatable bonds is 17. The Bertz CT molecular complexity index is 1850. The Kier molecular flexibility index (Phi) is 13.2. The van der Waals surface area contributed by atoms with Gasteiger partial charge < -0.3 is 35.8 Å². The molecule has 3 amide bonds. The summed E-state index contributed by atoms with van der Waals surface area (Å²) in [5.74, 6) is -2.04. The van der Waals surface area contributed by atoms with E-state index in [1.54, 1.807) is 30.3 Å². The number of aliphatic hydroxyl groups excluding tert-OH is 1. The standard InChI is InChI=1S/C35H41FN5O8P/c1-21-27(22(2)39-31(21)18-29-28-17-25(36)10-12-30(28)41-34(29)44)11-13-33(43)40-32(16-23-8-6-9-26(15-23)37-3)35(45)38-14-5-4-7-24(19-42)20-49-50(46,47)48/h6,8-10,12,15,17-18,24,32,39,42H,4-5,7,11,13-14,16,19-20H2,1-2H3,(H,38,45)(H,40,43)(H,41,44)(H2,46,47,48). The highest BCUT2D eigenvalue weighted by atomic mass is 31.2. The van der Waals surface area contributed by atoms with Crippen LogP contribution in [0.5, 0.6) is 0 Å². The molecule has 13 nitrogen and oxygen atoms in total. The maximum atomic E-state index is 13.9. The fourth-order valence-electron chi connectivity index (χ4n) is 5.81. The van der Waals surface area contributed by atoms with Crippen LogP contribution in [0.3, 0.4) is 0 Å². The molecular formula is C35H41FN5O8P. The lowest BCUT2D eigenvalue weighted by Gasteiger charge is -2.19. The van der Waals surface area contributed by atoms with Crippen LogP contribution in [0, 0.1) is 32.2 Å². The highest BCUT2D eigenvalue weighted by Gasteiger charge is 2.26. The van der Waals surface area contributed by atoms with Gasteiger partial charge >= 0.3 is 7.82 Å². The third kappa shape index (κ3) is 10.7. The first-order valence-electron chi connectivity index (χ1n) is 16.1. The van der Waals surface area contributed by atoms with E-state index in [4.69, 9.17) is 16.4 Å². The Morgan fingerprint density at radius 2 is 1.94 bits per heavy atom. The van der Waals surface area contributed by atoms with Crippen LogP contribution in [0.15, 0.2) is 42.5 Å². The summed E-state index contributed by atoms with van der Waals surface area (Å²) in [7, 11) is -4.64. The van der Waals surface area contributed by atoms with E-state index in [9.17, 15) is 28.4 Å². The molecule has 2 unspecified atom stereocenters. The summed E-state index contributed by atoms with van der Waals surface area (Å²) < 4.78 is 29.3. The number of carbonyl (C=O) groups excluding carboxylic acids is 3. The average molecular weight is 710 g/mol. The van der Waals surface area contributed by atoms with Crippen molar-refractivity contribution in [2.45, 2.75) is 58.4 Å². The molecule has 0 saturated carbocycles. The summed E-state index contributed by atoms with van der Waals surface area (Å²) in [5.41, 5.74) is 5.61. The third-order valence-corrected chi connectivity index (χ3v) is 8.98. The van der Waals surface area contributed by atoms with Crippen molar-refractivity contribution < 1.29 is 42.8 Å². The second-order valence-corrected chi connectivity index (χ2v) is 13.4. The minimum absolute atomic E-state index is 0.0647. The van der Waals surface area contributed by atoms with E-state index in [1.807, 2.05) is 13.8 Å². The van der Waals surface area contributed by atoms with Crippen LogP contribution in [0.25, 0.3) is 16.5 Å². The van der Waals surface area contributed by atoms with Gasteiger partial charge in [-0.1, -0.05) is 36.2 Å². The number of nitrogens with zero attached hydrogens (tertiary/aromatic N) is 1. The van der Waals surface area contributed by atoms with Crippen molar-refractivity contribution in [3.8, 4) is 0 Å². The molecule has 0 saturated heterocycles. The quantitative estimate of drug-likeness (QED) is 0.0461. The van der Waals surface area contributed by atoms with Crippen molar-refractivity contribution in [3.63, 3.8) is 0 Å². The van der Waals surface area contributed by atoms with E-state index in [1.165, 1.54) is 18.2 Å². The van der Waals surface area contributed by atoms with E-state index in [2.05, 4.69) is 30.3 Å². The van der Waals surface area contributed by atoms with Gasteiger partial charge in [0.15, 0.2) is 5.69 Å². The maximum Gasteiger partial charge on any atom is 0.469 e. The van der Waals surface area contributed by atoms with Gasteiger partial charge in [0.05, 0.1) is 18.8 Å². The summed E-state index contributed by atoms with van der Waals surface area (Å²) in [6, 6.07) is 9.97. The van der Waals surface area contributed by atoms with Gasteiger partial charge in [-0.15, -0.1) is 0 Å². The van der Waals surface area contributed by atoms with E-state index < -0.39 is 31.5 Å². The van der Waals surface area contributed by atoms with Crippen molar-refractivity contribution in [2.75, 3.05) is 25.1 Å². The van der Waals surface area contributed by atoms with Crippen molar-refractivity contribution in [1.29, 1.82) is 0 Å². The molecule has 3 aromatic rings. The van der Waals surface area contributed by atoms with Crippen LogP contribution < -0.4 is 16.0 Å². The van der Waals surface area contributed by atoms with Crippen LogP contribution in [-0.4, -0.2) is 63.4 Å². The second-order valence-electron chi connectivity index (χ2n) is 12.2. The predicted octanol–water partition coefficient (Wildman–Crippen LogP) is 4.48. The highest BCUT2D eigenvalue weighted by molar-refractivity contribution is 7.46. The molecule has 7 N–H and O–H groups in total. The molecule has 2 heterocycles. The van der Waals surface area contributed by atoms with E-state index in [-0.39, 0.29) is 44.4 Å². The predicted molar refractivity (Wildman–Crippen MR) is 185 cm³/mol. The molecule has 1 aliphatic rings. The Balaban J connectivity index is 1.38. The zero-order valence-corrected chi connectivity index (χ0v) is 28.7. The molecule has 50 heavy (non-hydrogen) atoms. The molecule has 0 bridgehead atoms. The number of halogens is 1. The summed E-state index contributed by atoms with van der Waals surface area (Å²) in [4.78, 5) is 63.6. The van der Waals surface area contributed by atoms with Gasteiger partial charge in [-0.05, 0) is 68.5 Å². The number of H-pyrrole nitrogens is 1. The number of aromatic nitrogens is 1. The minimum Gasteiger partial charge on any atom is -0.396 e. The second kappa shape index (κ2) is 17.3. The van der Waals surface area contributed by atoms with Crippen molar-refractivity contribution in [2.24, 2.45) is 5.92 Å². The monoisotopic (exact) mass is 709 g/mol. The average Bonchev–Trinajstić information content (AvgIpc) is 3.52. The summed E-state index contributed by atoms with van der Waals surface area (Å²) in [6.07, 6.45) is 3.71. The van der Waals surface area contributed by atoms with Gasteiger partial charge in [-0.3, -0.25) is 18.9 Å². The number of fused-ring (bicyclic) bond motifs is 1. The molecule has 1 aliphatic heterocycles. The largest absolute Gasteiger partial charge is 0.469 e. The number of aliphatic hydroxyl groups is 1. The molecule has 0 radical (unpaired) electrons. The number of phosphoric acid groups is 1. The molecule has 2 atom stereocenters. The summed E-state index contributed by atoms with van der Waals surface area (Å²) in [5, 5.41) is 17.9. The maximum absolute atomic E-state index is 13.9. The number of anilines is 1.